The molecule has 4 rings (SSSR count). The first-order valence-corrected chi connectivity index (χ1v) is 12.8. The number of rotatable bonds is 9. The lowest BCUT2D eigenvalue weighted by Gasteiger charge is -2.37. The van der Waals surface area contributed by atoms with E-state index in [1.807, 2.05) is 18.4 Å². The lowest BCUT2D eigenvalue weighted by atomic mass is 10.0. The van der Waals surface area contributed by atoms with Crippen molar-refractivity contribution >= 4 is 23.3 Å². The highest BCUT2D eigenvalue weighted by Gasteiger charge is 2.34. The molecule has 2 aliphatic rings. The minimum Gasteiger partial charge on any atom is -0.491 e. The Bertz CT molecular complexity index is 979. The third-order valence-corrected chi connectivity index (χ3v) is 7.20. The molecular weight excluding hydrogens is 457 g/mol. The van der Waals surface area contributed by atoms with E-state index in [2.05, 4.69) is 5.32 Å². The minimum absolute atomic E-state index is 0.0225. The molecule has 0 radical (unpaired) electrons. The van der Waals surface area contributed by atoms with Crippen molar-refractivity contribution in [1.82, 2.24) is 15.1 Å². The maximum Gasteiger partial charge on any atom is 0.317 e. The zero-order valence-electron chi connectivity index (χ0n) is 19.5. The molecule has 1 saturated heterocycles. The van der Waals surface area contributed by atoms with Crippen molar-refractivity contribution in [1.29, 1.82) is 0 Å². The topological polar surface area (TPSA) is 71.1 Å². The highest BCUT2D eigenvalue weighted by Crippen LogP contribution is 2.34. The summed E-state index contributed by atoms with van der Waals surface area (Å²) < 4.78 is 25.2. The van der Waals surface area contributed by atoms with Crippen molar-refractivity contribution in [3.8, 4) is 5.75 Å². The van der Waals surface area contributed by atoms with Crippen LogP contribution in [-0.4, -0.2) is 67.2 Å². The number of hydrogen-bond donors (Lipinski definition) is 1. The van der Waals surface area contributed by atoms with Crippen LogP contribution < -0.4 is 10.1 Å². The van der Waals surface area contributed by atoms with E-state index in [1.165, 1.54) is 17.0 Å². The maximum atomic E-state index is 13.6. The number of benzene rings is 1. The first-order chi connectivity index (χ1) is 16.5. The van der Waals surface area contributed by atoms with Gasteiger partial charge in [0.2, 0.25) is 5.91 Å². The van der Waals surface area contributed by atoms with Crippen molar-refractivity contribution in [2.75, 3.05) is 39.4 Å². The van der Waals surface area contributed by atoms with Crippen LogP contribution in [0.1, 0.15) is 42.7 Å². The molecule has 3 amide bonds. The van der Waals surface area contributed by atoms with E-state index >= 15 is 0 Å². The third-order valence-electron chi connectivity index (χ3n) is 6.21. The molecule has 1 aromatic carbocycles. The average Bonchev–Trinajstić information content (AvgIpc) is 3.52. The summed E-state index contributed by atoms with van der Waals surface area (Å²) in [7, 11) is 0. The Morgan fingerprint density at radius 2 is 2.24 bits per heavy atom. The first-order valence-electron chi connectivity index (χ1n) is 11.9. The van der Waals surface area contributed by atoms with Crippen molar-refractivity contribution < 1.29 is 23.5 Å². The molecule has 3 heterocycles. The number of fused-ring (bicyclic) bond motifs is 1. The Kier molecular flexibility index (Phi) is 8.39. The van der Waals surface area contributed by atoms with E-state index in [-0.39, 0.29) is 43.1 Å². The molecular formula is C25H32FN3O4S. The van der Waals surface area contributed by atoms with Gasteiger partial charge in [-0.2, -0.15) is 0 Å². The van der Waals surface area contributed by atoms with E-state index in [4.69, 9.17) is 9.47 Å². The lowest BCUT2D eigenvalue weighted by molar-refractivity contribution is -0.135. The second kappa shape index (κ2) is 11.7. The van der Waals surface area contributed by atoms with Gasteiger partial charge in [0.1, 0.15) is 24.7 Å². The molecule has 0 saturated carbocycles. The summed E-state index contributed by atoms with van der Waals surface area (Å²) in [5.41, 5.74) is 1.06. The summed E-state index contributed by atoms with van der Waals surface area (Å²) in [6.07, 6.45) is 3.40. The molecule has 184 valence electrons. The second-order valence-electron chi connectivity index (χ2n) is 8.67. The van der Waals surface area contributed by atoms with Gasteiger partial charge in [0, 0.05) is 37.2 Å². The van der Waals surface area contributed by atoms with Gasteiger partial charge in [-0.3, -0.25) is 4.79 Å². The van der Waals surface area contributed by atoms with Gasteiger partial charge in [-0.05, 0) is 54.8 Å². The molecule has 2 atom stereocenters. The maximum absolute atomic E-state index is 13.6. The first kappa shape index (κ1) is 24.5. The van der Waals surface area contributed by atoms with Crippen LogP contribution >= 0.6 is 11.3 Å². The molecule has 1 fully saturated rings. The number of carbonyl (C=O) groups is 2. The standard InChI is InChI=1S/C25H32FN3O4S/c1-2-10-27-25(31)28(15-20-7-4-12-32-20)16-24(30)29-11-8-23-21(9-13-34-23)22(29)17-33-19-6-3-5-18(26)14-19/h3,5-6,9,13-14,20,22H,2,4,7-8,10-12,15-17H2,1H3,(H,27,31)/t20-,22+/m0/s1. The van der Waals surface area contributed by atoms with Crippen LogP contribution in [0, 0.1) is 5.82 Å². The van der Waals surface area contributed by atoms with Crippen LogP contribution in [0.4, 0.5) is 9.18 Å². The van der Waals surface area contributed by atoms with Gasteiger partial charge in [-0.15, -0.1) is 11.3 Å². The Balaban J connectivity index is 1.48. The van der Waals surface area contributed by atoms with Gasteiger partial charge >= 0.3 is 6.03 Å². The van der Waals surface area contributed by atoms with Gasteiger partial charge in [-0.1, -0.05) is 13.0 Å². The Morgan fingerprint density at radius 1 is 1.35 bits per heavy atom. The van der Waals surface area contributed by atoms with Crippen molar-refractivity contribution in [3.63, 3.8) is 0 Å². The van der Waals surface area contributed by atoms with Gasteiger partial charge in [0.05, 0.1) is 12.1 Å². The van der Waals surface area contributed by atoms with E-state index < -0.39 is 0 Å². The predicted octanol–water partition coefficient (Wildman–Crippen LogP) is 3.99. The van der Waals surface area contributed by atoms with E-state index in [0.29, 0.717) is 32.0 Å². The number of nitrogens with one attached hydrogen (secondary N) is 1. The lowest BCUT2D eigenvalue weighted by Crippen LogP contribution is -2.51. The molecule has 7 nitrogen and oxygen atoms in total. The quantitative estimate of drug-likeness (QED) is 0.578. The summed E-state index contributed by atoms with van der Waals surface area (Å²) in [6.45, 7) is 4.37. The minimum atomic E-state index is -0.367. The SMILES string of the molecule is CCCNC(=O)N(CC(=O)N1CCc2sccc2[C@H]1COc1cccc(F)c1)C[C@@H]1CCCO1. The molecule has 34 heavy (non-hydrogen) atoms. The van der Waals surface area contributed by atoms with Gasteiger partial charge in [-0.25, -0.2) is 9.18 Å². The molecule has 0 unspecified atom stereocenters. The monoisotopic (exact) mass is 489 g/mol. The molecule has 2 aromatic rings. The van der Waals surface area contributed by atoms with Gasteiger partial charge in [0.15, 0.2) is 0 Å². The summed E-state index contributed by atoms with van der Waals surface area (Å²) in [5.74, 6) is -0.0730. The summed E-state index contributed by atoms with van der Waals surface area (Å²) in [6, 6.07) is 7.49. The molecule has 2 aliphatic heterocycles. The Hall–Kier alpha value is -2.65. The molecule has 1 N–H and O–H groups in total. The fraction of sp³-hybridized carbons (Fsp3) is 0.520. The number of hydrogen-bond acceptors (Lipinski definition) is 5. The molecule has 0 spiro atoms. The van der Waals surface area contributed by atoms with Crippen molar-refractivity contribution in [3.05, 3.63) is 52.0 Å². The van der Waals surface area contributed by atoms with E-state index in [0.717, 1.165) is 31.2 Å². The van der Waals surface area contributed by atoms with Crippen LogP contribution in [0.3, 0.4) is 0 Å². The van der Waals surface area contributed by atoms with Gasteiger partial charge < -0.3 is 24.6 Å². The van der Waals surface area contributed by atoms with Gasteiger partial charge in [0.25, 0.3) is 0 Å². The van der Waals surface area contributed by atoms with Crippen molar-refractivity contribution in [2.24, 2.45) is 0 Å². The highest BCUT2D eigenvalue weighted by molar-refractivity contribution is 7.10. The molecule has 9 heteroatoms. The van der Waals surface area contributed by atoms with Crippen molar-refractivity contribution in [2.45, 2.75) is 44.8 Å². The number of urea groups is 1. The smallest absolute Gasteiger partial charge is 0.317 e. The predicted molar refractivity (Wildman–Crippen MR) is 129 cm³/mol. The summed E-state index contributed by atoms with van der Waals surface area (Å²) >= 11 is 1.67. The van der Waals surface area contributed by atoms with Crippen LogP contribution in [0.2, 0.25) is 0 Å². The van der Waals surface area contributed by atoms with Crippen LogP contribution in [-0.2, 0) is 16.0 Å². The normalized spacial score (nSPS) is 19.5. The fourth-order valence-electron chi connectivity index (χ4n) is 4.46. The molecule has 1 aromatic heterocycles. The number of ether oxygens (including phenoxy) is 2. The van der Waals surface area contributed by atoms with Crippen LogP contribution in [0.15, 0.2) is 35.7 Å². The number of amides is 3. The van der Waals surface area contributed by atoms with Crippen LogP contribution in [0.25, 0.3) is 0 Å². The average molecular weight is 490 g/mol. The zero-order valence-corrected chi connectivity index (χ0v) is 20.3. The Morgan fingerprint density at radius 3 is 3.00 bits per heavy atom. The van der Waals surface area contributed by atoms with E-state index in [1.54, 1.807) is 33.3 Å². The number of halogens is 1. The number of nitrogens with zero attached hydrogens (tertiary/aromatic N) is 2. The third kappa shape index (κ3) is 6.07. The number of carbonyl (C=O) groups excluding carboxylic acids is 2. The number of thiophene rings is 1. The zero-order chi connectivity index (χ0) is 23.9. The van der Waals surface area contributed by atoms with Crippen LogP contribution in [0.5, 0.6) is 5.75 Å². The van der Waals surface area contributed by atoms with E-state index in [9.17, 15) is 14.0 Å². The Labute approximate surface area is 203 Å². The largest absolute Gasteiger partial charge is 0.491 e. The molecule has 0 aliphatic carbocycles. The molecule has 0 bridgehead atoms. The fourth-order valence-corrected chi connectivity index (χ4v) is 5.39. The second-order valence-corrected chi connectivity index (χ2v) is 9.67. The highest BCUT2D eigenvalue weighted by atomic mass is 32.1. The summed E-state index contributed by atoms with van der Waals surface area (Å²) in [4.78, 5) is 30.9. The summed E-state index contributed by atoms with van der Waals surface area (Å²) in [5, 5.41) is 4.92.